The zero-order valence-electron chi connectivity index (χ0n) is 15.3. The van der Waals surface area contributed by atoms with Crippen LogP contribution in [0.1, 0.15) is 12.5 Å². The summed E-state index contributed by atoms with van der Waals surface area (Å²) in [6, 6.07) is 16.6. The molecule has 0 unspecified atom stereocenters. The van der Waals surface area contributed by atoms with Crippen molar-refractivity contribution in [2.24, 2.45) is 4.99 Å². The molecule has 2 aromatic rings. The van der Waals surface area contributed by atoms with E-state index in [4.69, 9.17) is 4.99 Å². The molecule has 26 heavy (non-hydrogen) atoms. The highest BCUT2D eigenvalue weighted by Gasteiger charge is 2.20. The lowest BCUT2D eigenvalue weighted by Crippen LogP contribution is -2.52. The molecule has 1 saturated heterocycles. The second kappa shape index (κ2) is 11.0. The molecule has 0 amide bonds. The Kier molecular flexibility index (Phi) is 8.67. The van der Waals surface area contributed by atoms with Crippen molar-refractivity contribution in [1.82, 2.24) is 15.2 Å². The lowest BCUT2D eigenvalue weighted by molar-refractivity contribution is 0.371. The van der Waals surface area contributed by atoms with Gasteiger partial charge in [0.2, 0.25) is 0 Å². The third-order valence-electron chi connectivity index (χ3n) is 4.39. The number of hydrogen-bond donors (Lipinski definition) is 1. The summed E-state index contributed by atoms with van der Waals surface area (Å²) in [6.45, 7) is 7.70. The predicted octanol–water partition coefficient (Wildman–Crippen LogP) is 3.03. The summed E-state index contributed by atoms with van der Waals surface area (Å²) in [5, 5.41) is 3.43. The second-order valence-electron chi connectivity index (χ2n) is 6.13. The van der Waals surface area contributed by atoms with Crippen LogP contribution in [0.2, 0.25) is 0 Å². The summed E-state index contributed by atoms with van der Waals surface area (Å²) in [6.07, 6.45) is 2.83. The number of aliphatic imine (C=N–C) groups is 1. The molecule has 1 fully saturated rings. The first kappa shape index (κ1) is 20.5. The van der Waals surface area contributed by atoms with E-state index >= 15 is 0 Å². The van der Waals surface area contributed by atoms with Crippen LogP contribution in [0.15, 0.2) is 59.7 Å². The number of aromatic nitrogens is 1. The Morgan fingerprint density at radius 2 is 1.77 bits per heavy atom. The molecule has 1 aliphatic rings. The van der Waals surface area contributed by atoms with Gasteiger partial charge in [-0.25, -0.2) is 4.98 Å². The van der Waals surface area contributed by atoms with E-state index in [1.807, 2.05) is 18.3 Å². The van der Waals surface area contributed by atoms with Crippen molar-refractivity contribution in [2.45, 2.75) is 13.3 Å². The van der Waals surface area contributed by atoms with E-state index in [0.717, 1.165) is 57.5 Å². The number of hydrogen-bond acceptors (Lipinski definition) is 3. The lowest BCUT2D eigenvalue weighted by Gasteiger charge is -2.37. The fraction of sp³-hybridized carbons (Fsp3) is 0.400. The fourth-order valence-electron chi connectivity index (χ4n) is 3.05. The molecule has 2 heterocycles. The van der Waals surface area contributed by atoms with Gasteiger partial charge in [0.1, 0.15) is 5.82 Å². The third kappa shape index (κ3) is 5.86. The van der Waals surface area contributed by atoms with E-state index in [1.54, 1.807) is 0 Å². The van der Waals surface area contributed by atoms with E-state index in [1.165, 1.54) is 5.56 Å². The molecule has 6 heteroatoms. The Morgan fingerprint density at radius 1 is 1.04 bits per heavy atom. The van der Waals surface area contributed by atoms with Gasteiger partial charge in [0.25, 0.3) is 0 Å². The van der Waals surface area contributed by atoms with Gasteiger partial charge in [0.15, 0.2) is 5.96 Å². The maximum atomic E-state index is 4.83. The highest BCUT2D eigenvalue weighted by Crippen LogP contribution is 2.12. The molecule has 1 N–H and O–H groups in total. The predicted molar refractivity (Wildman–Crippen MR) is 120 cm³/mol. The van der Waals surface area contributed by atoms with Crippen molar-refractivity contribution in [1.29, 1.82) is 0 Å². The highest BCUT2D eigenvalue weighted by atomic mass is 127. The topological polar surface area (TPSA) is 43.8 Å². The Bertz CT molecular complexity index is 654. The van der Waals surface area contributed by atoms with Gasteiger partial charge in [-0.1, -0.05) is 36.4 Å². The van der Waals surface area contributed by atoms with Crippen LogP contribution in [-0.4, -0.2) is 55.1 Å². The van der Waals surface area contributed by atoms with Crippen LogP contribution >= 0.6 is 24.0 Å². The van der Waals surface area contributed by atoms with Crippen LogP contribution in [0.3, 0.4) is 0 Å². The molecule has 0 bridgehead atoms. The summed E-state index contributed by atoms with van der Waals surface area (Å²) < 4.78 is 0. The van der Waals surface area contributed by atoms with Crippen LogP contribution in [0.5, 0.6) is 0 Å². The molecule has 140 valence electrons. The minimum Gasteiger partial charge on any atom is -0.357 e. The number of anilines is 1. The first-order valence-electron chi connectivity index (χ1n) is 9.10. The van der Waals surface area contributed by atoms with E-state index in [0.29, 0.717) is 0 Å². The van der Waals surface area contributed by atoms with E-state index in [2.05, 4.69) is 63.4 Å². The third-order valence-corrected chi connectivity index (χ3v) is 4.39. The van der Waals surface area contributed by atoms with E-state index in [9.17, 15) is 0 Å². The van der Waals surface area contributed by atoms with Crippen molar-refractivity contribution in [3.8, 4) is 0 Å². The molecule has 0 aliphatic carbocycles. The molecular formula is C20H28IN5. The number of nitrogens with one attached hydrogen (secondary N) is 1. The van der Waals surface area contributed by atoms with Gasteiger partial charge in [-0.3, -0.25) is 4.99 Å². The molecule has 0 saturated carbocycles. The Balaban J connectivity index is 0.00000243. The number of benzene rings is 1. The van der Waals surface area contributed by atoms with Gasteiger partial charge in [0, 0.05) is 45.5 Å². The minimum atomic E-state index is 0. The number of rotatable bonds is 5. The lowest BCUT2D eigenvalue weighted by atomic mass is 10.2. The SMILES string of the molecule is CCNC(=NCCc1ccccc1)N1CCN(c2ccccn2)CC1.I. The van der Waals surface area contributed by atoms with Crippen LogP contribution in [0.25, 0.3) is 0 Å². The van der Waals surface area contributed by atoms with E-state index in [-0.39, 0.29) is 24.0 Å². The average Bonchev–Trinajstić information content (AvgIpc) is 2.69. The molecule has 1 aromatic carbocycles. The smallest absolute Gasteiger partial charge is 0.194 e. The molecule has 1 aromatic heterocycles. The number of nitrogens with zero attached hydrogens (tertiary/aromatic N) is 4. The fourth-order valence-corrected chi connectivity index (χ4v) is 3.05. The Morgan fingerprint density at radius 3 is 2.42 bits per heavy atom. The summed E-state index contributed by atoms with van der Waals surface area (Å²) in [7, 11) is 0. The maximum absolute atomic E-state index is 4.83. The van der Waals surface area contributed by atoms with Crippen LogP contribution < -0.4 is 10.2 Å². The van der Waals surface area contributed by atoms with Crippen molar-refractivity contribution in [3.63, 3.8) is 0 Å². The maximum Gasteiger partial charge on any atom is 0.194 e. The quantitative estimate of drug-likeness (QED) is 0.419. The monoisotopic (exact) mass is 465 g/mol. The Labute approximate surface area is 173 Å². The van der Waals surface area contributed by atoms with Crippen LogP contribution in [-0.2, 0) is 6.42 Å². The molecule has 0 spiro atoms. The summed E-state index contributed by atoms with van der Waals surface area (Å²) >= 11 is 0. The van der Waals surface area contributed by atoms with Crippen LogP contribution in [0.4, 0.5) is 5.82 Å². The molecule has 1 aliphatic heterocycles. The summed E-state index contributed by atoms with van der Waals surface area (Å²) in [4.78, 5) is 14.0. The van der Waals surface area contributed by atoms with Gasteiger partial charge in [0.05, 0.1) is 0 Å². The van der Waals surface area contributed by atoms with Crippen molar-refractivity contribution >= 4 is 35.8 Å². The number of halogens is 1. The average molecular weight is 465 g/mol. The zero-order chi connectivity index (χ0) is 17.3. The molecule has 0 atom stereocenters. The molecule has 0 radical (unpaired) electrons. The highest BCUT2D eigenvalue weighted by molar-refractivity contribution is 14.0. The zero-order valence-corrected chi connectivity index (χ0v) is 17.7. The Hall–Kier alpha value is -1.83. The van der Waals surface area contributed by atoms with Crippen molar-refractivity contribution in [3.05, 3.63) is 60.3 Å². The number of guanidine groups is 1. The molecular weight excluding hydrogens is 437 g/mol. The number of pyridine rings is 1. The van der Waals surface area contributed by atoms with Crippen molar-refractivity contribution < 1.29 is 0 Å². The first-order valence-corrected chi connectivity index (χ1v) is 9.10. The van der Waals surface area contributed by atoms with Gasteiger partial charge in [-0.2, -0.15) is 0 Å². The van der Waals surface area contributed by atoms with E-state index < -0.39 is 0 Å². The number of piperazine rings is 1. The van der Waals surface area contributed by atoms with Crippen molar-refractivity contribution in [2.75, 3.05) is 44.2 Å². The molecule has 5 nitrogen and oxygen atoms in total. The minimum absolute atomic E-state index is 0. The van der Waals surface area contributed by atoms with Gasteiger partial charge >= 0.3 is 0 Å². The second-order valence-corrected chi connectivity index (χ2v) is 6.13. The molecule has 3 rings (SSSR count). The standard InChI is InChI=1S/C20H27N5.HI/c1-2-21-20(23-13-11-18-8-4-3-5-9-18)25-16-14-24(15-17-25)19-10-6-7-12-22-19;/h3-10,12H,2,11,13-17H2,1H3,(H,21,23);1H. The normalized spacial score (nSPS) is 14.7. The van der Waals surface area contributed by atoms with Gasteiger partial charge in [-0.05, 0) is 31.0 Å². The van der Waals surface area contributed by atoms with Gasteiger partial charge < -0.3 is 15.1 Å². The van der Waals surface area contributed by atoms with Crippen LogP contribution in [0, 0.1) is 0 Å². The summed E-state index contributed by atoms with van der Waals surface area (Å²) in [5.41, 5.74) is 1.34. The largest absolute Gasteiger partial charge is 0.357 e. The summed E-state index contributed by atoms with van der Waals surface area (Å²) in [5.74, 6) is 2.09. The first-order chi connectivity index (χ1) is 12.4. The van der Waals surface area contributed by atoms with Gasteiger partial charge in [-0.15, -0.1) is 24.0 Å².